The summed E-state index contributed by atoms with van der Waals surface area (Å²) in [5.74, 6) is 2.62. The Balaban J connectivity index is 1.48. The largest absolute Gasteiger partial charge is 0.492 e. The van der Waals surface area contributed by atoms with Crippen LogP contribution in [-0.2, 0) is 16.0 Å². The summed E-state index contributed by atoms with van der Waals surface area (Å²) in [6, 6.07) is 8.19. The van der Waals surface area contributed by atoms with E-state index in [0.29, 0.717) is 13.2 Å². The van der Waals surface area contributed by atoms with Crippen LogP contribution in [0, 0.1) is 5.92 Å². The third-order valence-corrected chi connectivity index (χ3v) is 5.46. The predicted molar refractivity (Wildman–Crippen MR) is 120 cm³/mol. The fourth-order valence-electron chi connectivity index (χ4n) is 3.36. The topological polar surface area (TPSA) is 58.6 Å². The Morgan fingerprint density at radius 1 is 1.23 bits per heavy atom. The van der Waals surface area contributed by atoms with E-state index in [1.54, 1.807) is 0 Å². The number of benzene rings is 1. The number of para-hydroxylation sites is 1. The summed E-state index contributed by atoms with van der Waals surface area (Å²) in [6.07, 6.45) is 2.65. The molecule has 0 atom stereocenters. The van der Waals surface area contributed by atoms with Gasteiger partial charge in [-0.15, -0.1) is 0 Å². The molecule has 1 aromatic rings. The predicted octanol–water partition coefficient (Wildman–Crippen LogP) is 2.22. The maximum Gasteiger partial charge on any atom is 0.194 e. The molecule has 1 aliphatic heterocycles. The number of nitrogens with zero attached hydrogens (tertiary/aromatic N) is 3. The quantitative estimate of drug-likeness (QED) is 0.319. The molecule has 0 aromatic heterocycles. The number of hydrogen-bond acceptors (Lipinski definition) is 5. The number of morpholine rings is 1. The van der Waals surface area contributed by atoms with Crippen LogP contribution in [0.4, 0.5) is 0 Å². The van der Waals surface area contributed by atoms with Crippen molar-refractivity contribution in [1.29, 1.82) is 0 Å². The third kappa shape index (κ3) is 8.13. The highest BCUT2D eigenvalue weighted by molar-refractivity contribution is 5.79. The lowest BCUT2D eigenvalue weighted by atomic mass is 10.2. The van der Waals surface area contributed by atoms with E-state index in [9.17, 15) is 0 Å². The Hall–Kier alpha value is -1.83. The van der Waals surface area contributed by atoms with Gasteiger partial charge in [-0.1, -0.05) is 18.2 Å². The Bertz CT molecular complexity index is 645. The number of likely N-dealkylation sites (N-methyl/N-ethyl adjacent to an activating group) is 1. The van der Waals surface area contributed by atoms with Crippen molar-refractivity contribution in [2.75, 3.05) is 72.8 Å². The molecular weight excluding hydrogens is 380 g/mol. The van der Waals surface area contributed by atoms with Crippen LogP contribution in [0.25, 0.3) is 0 Å². The molecule has 30 heavy (non-hydrogen) atoms. The Kier molecular flexibility index (Phi) is 9.73. The minimum Gasteiger partial charge on any atom is -0.492 e. The number of rotatable bonds is 12. The van der Waals surface area contributed by atoms with Crippen LogP contribution in [0.2, 0.25) is 0 Å². The van der Waals surface area contributed by atoms with Gasteiger partial charge in [-0.25, -0.2) is 4.99 Å². The molecular formula is C23H38N4O3. The van der Waals surface area contributed by atoms with Gasteiger partial charge >= 0.3 is 0 Å². The summed E-state index contributed by atoms with van der Waals surface area (Å²) >= 11 is 0. The maximum atomic E-state index is 6.09. The summed E-state index contributed by atoms with van der Waals surface area (Å²) in [5, 5.41) is 3.38. The lowest BCUT2D eigenvalue weighted by Crippen LogP contribution is -2.40. The molecule has 1 N–H and O–H groups in total. The molecule has 1 heterocycles. The minimum absolute atomic E-state index is 0.587. The fourth-order valence-corrected chi connectivity index (χ4v) is 3.36. The third-order valence-electron chi connectivity index (χ3n) is 5.46. The van der Waals surface area contributed by atoms with E-state index in [0.717, 1.165) is 82.3 Å². The van der Waals surface area contributed by atoms with Gasteiger partial charge in [0, 0.05) is 51.9 Å². The van der Waals surface area contributed by atoms with Crippen LogP contribution >= 0.6 is 0 Å². The summed E-state index contributed by atoms with van der Waals surface area (Å²) in [6.45, 7) is 11.2. The van der Waals surface area contributed by atoms with E-state index in [4.69, 9.17) is 19.2 Å². The summed E-state index contributed by atoms with van der Waals surface area (Å²) < 4.78 is 17.3. The van der Waals surface area contributed by atoms with Crippen LogP contribution in [0.3, 0.4) is 0 Å². The van der Waals surface area contributed by atoms with Gasteiger partial charge < -0.3 is 24.4 Å². The van der Waals surface area contributed by atoms with E-state index in [1.807, 2.05) is 18.2 Å². The highest BCUT2D eigenvalue weighted by Crippen LogP contribution is 2.28. The van der Waals surface area contributed by atoms with Gasteiger partial charge in [0.1, 0.15) is 12.4 Å². The lowest BCUT2D eigenvalue weighted by molar-refractivity contribution is 0.0322. The molecule has 7 nitrogen and oxygen atoms in total. The molecule has 7 heteroatoms. The summed E-state index contributed by atoms with van der Waals surface area (Å²) in [4.78, 5) is 9.36. The molecule has 1 aliphatic carbocycles. The second-order valence-corrected chi connectivity index (χ2v) is 8.02. The normalized spacial score (nSPS) is 17.7. The highest BCUT2D eigenvalue weighted by atomic mass is 16.5. The molecule has 2 aliphatic rings. The van der Waals surface area contributed by atoms with Crippen LogP contribution < -0.4 is 10.1 Å². The van der Waals surface area contributed by atoms with Gasteiger partial charge in [-0.3, -0.25) is 4.90 Å². The molecule has 1 saturated heterocycles. The second kappa shape index (κ2) is 12.8. The molecule has 3 rings (SSSR count). The van der Waals surface area contributed by atoms with E-state index < -0.39 is 0 Å². The maximum absolute atomic E-state index is 6.09. The molecule has 1 aromatic carbocycles. The molecule has 0 amide bonds. The molecule has 0 unspecified atom stereocenters. The first kappa shape index (κ1) is 22.8. The van der Waals surface area contributed by atoms with E-state index in [1.165, 1.54) is 12.8 Å². The number of nitrogens with one attached hydrogen (secondary N) is 1. The Morgan fingerprint density at radius 2 is 2.03 bits per heavy atom. The van der Waals surface area contributed by atoms with Crippen molar-refractivity contribution in [3.8, 4) is 5.75 Å². The number of aliphatic imine (C=N–C) groups is 1. The van der Waals surface area contributed by atoms with Crippen molar-refractivity contribution in [2.45, 2.75) is 26.3 Å². The van der Waals surface area contributed by atoms with E-state index in [-0.39, 0.29) is 0 Å². The van der Waals surface area contributed by atoms with Crippen molar-refractivity contribution >= 4 is 5.96 Å². The lowest BCUT2D eigenvalue weighted by Gasteiger charge is -2.26. The van der Waals surface area contributed by atoms with Crippen LogP contribution in [-0.4, -0.2) is 88.6 Å². The molecule has 1 saturated carbocycles. The average molecular weight is 419 g/mol. The van der Waals surface area contributed by atoms with Crippen molar-refractivity contribution in [3.63, 3.8) is 0 Å². The van der Waals surface area contributed by atoms with Gasteiger partial charge in [0.2, 0.25) is 0 Å². The zero-order valence-electron chi connectivity index (χ0n) is 18.6. The van der Waals surface area contributed by atoms with Crippen LogP contribution in [0.15, 0.2) is 29.3 Å². The first-order valence-corrected chi connectivity index (χ1v) is 11.3. The molecule has 0 radical (unpaired) electrons. The zero-order valence-corrected chi connectivity index (χ0v) is 18.6. The van der Waals surface area contributed by atoms with Crippen molar-refractivity contribution in [1.82, 2.24) is 15.1 Å². The van der Waals surface area contributed by atoms with Crippen molar-refractivity contribution in [2.24, 2.45) is 10.9 Å². The zero-order chi connectivity index (χ0) is 21.0. The molecule has 0 bridgehead atoms. The van der Waals surface area contributed by atoms with E-state index >= 15 is 0 Å². The van der Waals surface area contributed by atoms with Crippen molar-refractivity contribution in [3.05, 3.63) is 29.8 Å². The average Bonchev–Trinajstić information content (AvgIpc) is 3.60. The minimum atomic E-state index is 0.587. The van der Waals surface area contributed by atoms with Gasteiger partial charge in [0.15, 0.2) is 5.96 Å². The molecule has 168 valence electrons. The van der Waals surface area contributed by atoms with Crippen molar-refractivity contribution < 1.29 is 14.2 Å². The Labute approximate surface area is 181 Å². The fraction of sp³-hybridized carbons (Fsp3) is 0.696. The SMILES string of the molecule is CCNC(=NCc1ccccc1OCCN1CCOCC1)N(C)CCOCC1CC1. The summed E-state index contributed by atoms with van der Waals surface area (Å²) in [5.41, 5.74) is 1.10. The second-order valence-electron chi connectivity index (χ2n) is 8.02. The standard InChI is InChI=1S/C23H38N4O3/c1-3-24-23(26(2)10-14-29-19-20-8-9-20)25-18-21-6-4-5-7-22(21)30-17-13-27-11-15-28-16-12-27/h4-7,20H,3,8-19H2,1-2H3,(H,24,25). The summed E-state index contributed by atoms with van der Waals surface area (Å²) in [7, 11) is 2.06. The first-order valence-electron chi connectivity index (χ1n) is 11.3. The molecule has 0 spiro atoms. The van der Waals surface area contributed by atoms with E-state index in [2.05, 4.69) is 35.2 Å². The van der Waals surface area contributed by atoms with Gasteiger partial charge in [-0.2, -0.15) is 0 Å². The van der Waals surface area contributed by atoms with Crippen LogP contribution in [0.5, 0.6) is 5.75 Å². The van der Waals surface area contributed by atoms with Crippen LogP contribution in [0.1, 0.15) is 25.3 Å². The monoisotopic (exact) mass is 418 g/mol. The van der Waals surface area contributed by atoms with Gasteiger partial charge in [-0.05, 0) is 31.7 Å². The van der Waals surface area contributed by atoms with Gasteiger partial charge in [0.25, 0.3) is 0 Å². The number of ether oxygens (including phenoxy) is 3. The number of hydrogen-bond donors (Lipinski definition) is 1. The smallest absolute Gasteiger partial charge is 0.194 e. The Morgan fingerprint density at radius 3 is 2.80 bits per heavy atom. The number of guanidine groups is 1. The highest BCUT2D eigenvalue weighted by Gasteiger charge is 2.21. The first-order chi connectivity index (χ1) is 14.8. The van der Waals surface area contributed by atoms with Gasteiger partial charge in [0.05, 0.1) is 26.4 Å². The molecule has 2 fully saturated rings.